The fraction of sp³-hybridized carbons (Fsp3) is 0.462. The van der Waals surface area contributed by atoms with E-state index in [-0.39, 0.29) is 29.0 Å². The first kappa shape index (κ1) is 25.7. The number of carbonyl (C=O) groups excluding carboxylic acids is 2. The zero-order valence-electron chi connectivity index (χ0n) is 19.9. The third kappa shape index (κ3) is 6.17. The van der Waals surface area contributed by atoms with Crippen molar-refractivity contribution in [2.75, 3.05) is 26.0 Å². The summed E-state index contributed by atoms with van der Waals surface area (Å²) in [4.78, 5) is 28.2. The summed E-state index contributed by atoms with van der Waals surface area (Å²) in [6.07, 6.45) is 2.86. The minimum Gasteiger partial charge on any atom is -0.496 e. The van der Waals surface area contributed by atoms with Crippen molar-refractivity contribution in [3.05, 3.63) is 60.2 Å². The van der Waals surface area contributed by atoms with Crippen LogP contribution >= 0.6 is 0 Å². The maximum atomic E-state index is 13.3. The average Bonchev–Trinajstić information content (AvgIpc) is 2.86. The number of rotatable bonds is 11. The lowest BCUT2D eigenvalue weighted by Crippen LogP contribution is -2.48. The Morgan fingerprint density at radius 2 is 1.79 bits per heavy atom. The van der Waals surface area contributed by atoms with Gasteiger partial charge in [0.2, 0.25) is 11.8 Å². The summed E-state index contributed by atoms with van der Waals surface area (Å²) < 4.78 is 30.5. The average molecular weight is 487 g/mol. The van der Waals surface area contributed by atoms with Gasteiger partial charge in [-0.3, -0.25) is 9.59 Å². The second-order valence-electron chi connectivity index (χ2n) is 8.55. The first-order valence-electron chi connectivity index (χ1n) is 11.9. The molecule has 7 nitrogen and oxygen atoms in total. The highest BCUT2D eigenvalue weighted by Gasteiger charge is 2.41. The maximum Gasteiger partial charge on any atom is 0.225 e. The van der Waals surface area contributed by atoms with E-state index in [0.29, 0.717) is 31.6 Å². The van der Waals surface area contributed by atoms with Crippen LogP contribution in [0.3, 0.4) is 0 Å². The summed E-state index contributed by atoms with van der Waals surface area (Å²) in [5.41, 5.74) is 0.820. The molecule has 0 aliphatic carbocycles. The molecule has 0 saturated carbocycles. The number of hydrogen-bond acceptors (Lipinski definition) is 5. The number of para-hydroxylation sites is 1. The van der Waals surface area contributed by atoms with Crippen molar-refractivity contribution in [2.24, 2.45) is 5.92 Å². The van der Waals surface area contributed by atoms with Gasteiger partial charge in [-0.1, -0.05) is 49.7 Å². The van der Waals surface area contributed by atoms with Gasteiger partial charge in [0.15, 0.2) is 9.84 Å². The number of benzene rings is 2. The molecule has 1 aliphatic rings. The van der Waals surface area contributed by atoms with Crippen LogP contribution in [0.1, 0.15) is 50.6 Å². The molecule has 2 amide bonds. The van der Waals surface area contributed by atoms with Gasteiger partial charge in [0.05, 0.1) is 29.7 Å². The Bertz CT molecular complexity index is 1070. The Morgan fingerprint density at radius 1 is 1.09 bits per heavy atom. The lowest BCUT2D eigenvalue weighted by Gasteiger charge is -2.41. The number of hydrogen-bond donors (Lipinski definition) is 1. The summed E-state index contributed by atoms with van der Waals surface area (Å²) >= 11 is 0. The van der Waals surface area contributed by atoms with Crippen molar-refractivity contribution in [3.63, 3.8) is 0 Å². The Labute approximate surface area is 202 Å². The molecule has 0 spiro atoms. The molecule has 1 saturated heterocycles. The predicted molar refractivity (Wildman–Crippen MR) is 131 cm³/mol. The molecule has 0 radical (unpaired) electrons. The highest BCUT2D eigenvalue weighted by molar-refractivity contribution is 7.91. The summed E-state index contributed by atoms with van der Waals surface area (Å²) in [7, 11) is -1.81. The molecule has 2 unspecified atom stereocenters. The maximum absolute atomic E-state index is 13.3. The summed E-state index contributed by atoms with van der Waals surface area (Å²) in [5.74, 6) is 0.0513. The van der Waals surface area contributed by atoms with E-state index in [1.165, 1.54) is 0 Å². The molecule has 0 aromatic heterocycles. The Kier molecular flexibility index (Phi) is 9.10. The number of unbranched alkanes of at least 4 members (excludes halogenated alkanes) is 1. The highest BCUT2D eigenvalue weighted by atomic mass is 32.2. The molecule has 1 heterocycles. The fourth-order valence-electron chi connectivity index (χ4n) is 4.47. The molecule has 1 N–H and O–H groups in total. The van der Waals surface area contributed by atoms with Crippen LogP contribution in [0, 0.1) is 5.92 Å². The number of ether oxygens (including phenoxy) is 1. The van der Waals surface area contributed by atoms with Crippen LogP contribution < -0.4 is 10.1 Å². The molecule has 0 bridgehead atoms. The van der Waals surface area contributed by atoms with Crippen LogP contribution in [0.25, 0.3) is 0 Å². The van der Waals surface area contributed by atoms with Crippen molar-refractivity contribution < 1.29 is 22.7 Å². The smallest absolute Gasteiger partial charge is 0.225 e. The Balaban J connectivity index is 1.72. The van der Waals surface area contributed by atoms with E-state index in [1.54, 1.807) is 37.4 Å². The van der Waals surface area contributed by atoms with Crippen molar-refractivity contribution >= 4 is 21.7 Å². The molecule has 8 heteroatoms. The van der Waals surface area contributed by atoms with E-state index < -0.39 is 21.8 Å². The van der Waals surface area contributed by atoms with Crippen LogP contribution in [-0.2, 0) is 19.4 Å². The van der Waals surface area contributed by atoms with Gasteiger partial charge in [-0.05, 0) is 37.5 Å². The lowest BCUT2D eigenvalue weighted by atomic mass is 9.83. The number of piperidine rings is 1. The molecular formula is C26H34N2O5S. The molecule has 2 aromatic rings. The number of amides is 2. The van der Waals surface area contributed by atoms with Gasteiger partial charge < -0.3 is 15.0 Å². The Morgan fingerprint density at radius 3 is 2.50 bits per heavy atom. The van der Waals surface area contributed by atoms with E-state index in [4.69, 9.17) is 4.74 Å². The first-order valence-corrected chi connectivity index (χ1v) is 13.5. The molecule has 1 fully saturated rings. The number of methoxy groups -OCH3 is 1. The Hall–Kier alpha value is -2.87. The van der Waals surface area contributed by atoms with Gasteiger partial charge in [0, 0.05) is 25.1 Å². The number of nitrogens with one attached hydrogen (secondary N) is 1. The van der Waals surface area contributed by atoms with E-state index in [9.17, 15) is 18.0 Å². The van der Waals surface area contributed by atoms with Gasteiger partial charge in [-0.25, -0.2) is 8.42 Å². The van der Waals surface area contributed by atoms with Crippen molar-refractivity contribution in [1.82, 2.24) is 10.2 Å². The zero-order valence-corrected chi connectivity index (χ0v) is 20.7. The highest BCUT2D eigenvalue weighted by Crippen LogP contribution is 2.40. The third-order valence-electron chi connectivity index (χ3n) is 6.24. The standard InChI is InChI=1S/C26H34N2O5S/c1-3-4-18-28-24(29)16-15-22(25(28)21-13-8-9-14-23(21)33-2)26(30)27-17-10-19-34(31,32)20-11-6-5-7-12-20/h5-9,11-14,22,25H,3-4,10,15-19H2,1-2H3,(H,27,30). The minimum atomic E-state index is -3.39. The van der Waals surface area contributed by atoms with Gasteiger partial charge in [-0.2, -0.15) is 0 Å². The van der Waals surface area contributed by atoms with E-state index >= 15 is 0 Å². The molecule has 2 aromatic carbocycles. The van der Waals surface area contributed by atoms with Crippen LogP contribution in [0.2, 0.25) is 0 Å². The number of nitrogens with zero attached hydrogens (tertiary/aromatic N) is 1. The zero-order chi connectivity index (χ0) is 24.6. The van der Waals surface area contributed by atoms with Crippen molar-refractivity contribution in [3.8, 4) is 5.75 Å². The number of carbonyl (C=O) groups is 2. The SMILES string of the molecule is CCCCN1C(=O)CCC(C(=O)NCCCS(=O)(=O)c2ccccc2)C1c1ccccc1OC. The normalized spacial score (nSPS) is 18.5. The first-order chi connectivity index (χ1) is 16.4. The van der Waals surface area contributed by atoms with Gasteiger partial charge >= 0.3 is 0 Å². The largest absolute Gasteiger partial charge is 0.496 e. The van der Waals surface area contributed by atoms with E-state index in [2.05, 4.69) is 12.2 Å². The fourth-order valence-corrected chi connectivity index (χ4v) is 5.80. The van der Waals surface area contributed by atoms with Crippen molar-refractivity contribution in [1.29, 1.82) is 0 Å². The van der Waals surface area contributed by atoms with Crippen LogP contribution in [0.5, 0.6) is 5.75 Å². The number of sulfone groups is 1. The van der Waals surface area contributed by atoms with Crippen LogP contribution in [0.15, 0.2) is 59.5 Å². The van der Waals surface area contributed by atoms with Gasteiger partial charge in [0.25, 0.3) is 0 Å². The van der Waals surface area contributed by atoms with Gasteiger partial charge in [0.1, 0.15) is 5.75 Å². The second-order valence-corrected chi connectivity index (χ2v) is 10.7. The number of likely N-dealkylation sites (tertiary alicyclic amines) is 1. The molecule has 2 atom stereocenters. The van der Waals surface area contributed by atoms with E-state index in [1.807, 2.05) is 29.2 Å². The van der Waals surface area contributed by atoms with Crippen LogP contribution in [0.4, 0.5) is 0 Å². The molecule has 3 rings (SSSR count). The third-order valence-corrected chi connectivity index (χ3v) is 8.06. The van der Waals surface area contributed by atoms with Crippen LogP contribution in [-0.4, -0.2) is 51.1 Å². The summed E-state index contributed by atoms with van der Waals surface area (Å²) in [6, 6.07) is 15.4. The minimum absolute atomic E-state index is 0.0427. The predicted octanol–water partition coefficient (Wildman–Crippen LogP) is 3.76. The molecule has 34 heavy (non-hydrogen) atoms. The lowest BCUT2D eigenvalue weighted by molar-refractivity contribution is -0.143. The van der Waals surface area contributed by atoms with E-state index in [0.717, 1.165) is 18.4 Å². The second kappa shape index (κ2) is 12.0. The topological polar surface area (TPSA) is 92.8 Å². The molecular weight excluding hydrogens is 452 g/mol. The molecule has 184 valence electrons. The monoisotopic (exact) mass is 486 g/mol. The van der Waals surface area contributed by atoms with Crippen molar-refractivity contribution in [2.45, 2.75) is 50.0 Å². The molecule has 1 aliphatic heterocycles. The summed E-state index contributed by atoms with van der Waals surface area (Å²) in [6.45, 7) is 2.90. The summed E-state index contributed by atoms with van der Waals surface area (Å²) in [5, 5.41) is 2.92. The van der Waals surface area contributed by atoms with Gasteiger partial charge in [-0.15, -0.1) is 0 Å². The quantitative estimate of drug-likeness (QED) is 0.488.